The summed E-state index contributed by atoms with van der Waals surface area (Å²) in [6.07, 6.45) is 6.45. The van der Waals surface area contributed by atoms with Crippen molar-refractivity contribution in [2.24, 2.45) is 0 Å². The van der Waals surface area contributed by atoms with Crippen molar-refractivity contribution in [3.05, 3.63) is 66.5 Å². The molecule has 1 fully saturated rings. The third-order valence-electron chi connectivity index (χ3n) is 5.31. The van der Waals surface area contributed by atoms with Gasteiger partial charge in [-0.15, -0.1) is 0 Å². The minimum Gasteiger partial charge on any atom is -0.325 e. The van der Waals surface area contributed by atoms with Gasteiger partial charge in [0.1, 0.15) is 0 Å². The van der Waals surface area contributed by atoms with E-state index < -0.39 is 10.0 Å². The first-order chi connectivity index (χ1) is 15.4. The number of thioether (sulfide) groups is 1. The van der Waals surface area contributed by atoms with Crippen LogP contribution in [0.3, 0.4) is 0 Å². The van der Waals surface area contributed by atoms with Gasteiger partial charge in [0.25, 0.3) is 0 Å². The van der Waals surface area contributed by atoms with Crippen molar-refractivity contribution in [1.29, 1.82) is 0 Å². The number of rotatable bonds is 7. The fraction of sp³-hybridized carbons (Fsp3) is 0.304. The number of nitrogens with zero attached hydrogens (tertiary/aromatic N) is 3. The van der Waals surface area contributed by atoms with Crippen LogP contribution >= 0.6 is 11.8 Å². The lowest BCUT2D eigenvalue weighted by atomic mass is 10.2. The number of hydrogen-bond donors (Lipinski definition) is 1. The number of nitrogens with one attached hydrogen (secondary N) is 1. The molecule has 9 heteroatoms. The largest absolute Gasteiger partial charge is 0.325 e. The maximum atomic E-state index is 12.8. The maximum absolute atomic E-state index is 12.8. The summed E-state index contributed by atoms with van der Waals surface area (Å²) in [7, 11) is -3.48. The lowest BCUT2D eigenvalue weighted by Gasteiger charge is -2.25. The minimum atomic E-state index is -3.48. The number of anilines is 1. The smallest absolute Gasteiger partial charge is 0.243 e. The number of aryl methyl sites for hydroxylation is 1. The Morgan fingerprint density at radius 2 is 1.84 bits per heavy atom. The molecule has 2 heterocycles. The maximum Gasteiger partial charge on any atom is 0.243 e. The number of imidazole rings is 1. The molecule has 0 saturated carbocycles. The Bertz CT molecular complexity index is 1180. The molecular weight excluding hydrogens is 444 g/mol. The van der Waals surface area contributed by atoms with Gasteiger partial charge >= 0.3 is 0 Å². The molecule has 4 rings (SSSR count). The van der Waals surface area contributed by atoms with Crippen LogP contribution in [0.2, 0.25) is 0 Å². The van der Waals surface area contributed by atoms with Crippen molar-refractivity contribution in [3.63, 3.8) is 0 Å². The van der Waals surface area contributed by atoms with Gasteiger partial charge in [-0.1, -0.05) is 30.3 Å². The SMILES string of the molecule is Cc1cccc(-n2ccnc2SCC(=O)Nc2ccc(S(=O)(=O)N3CCCCC3)cc2)c1. The van der Waals surface area contributed by atoms with Gasteiger partial charge < -0.3 is 5.32 Å². The Morgan fingerprint density at radius 1 is 1.09 bits per heavy atom. The van der Waals surface area contributed by atoms with Gasteiger partial charge in [-0.05, 0) is 61.7 Å². The highest BCUT2D eigenvalue weighted by Gasteiger charge is 2.25. The van der Waals surface area contributed by atoms with E-state index in [1.807, 2.05) is 35.9 Å². The van der Waals surface area contributed by atoms with Crippen LogP contribution in [0, 0.1) is 6.92 Å². The number of sulfonamides is 1. The molecule has 0 bridgehead atoms. The number of carbonyl (C=O) groups is 1. The third-order valence-corrected chi connectivity index (χ3v) is 8.19. The number of hydrogen-bond acceptors (Lipinski definition) is 5. The minimum absolute atomic E-state index is 0.180. The lowest BCUT2D eigenvalue weighted by molar-refractivity contribution is -0.113. The van der Waals surface area contributed by atoms with Crippen molar-refractivity contribution in [2.75, 3.05) is 24.2 Å². The van der Waals surface area contributed by atoms with E-state index >= 15 is 0 Å². The lowest BCUT2D eigenvalue weighted by Crippen LogP contribution is -2.35. The summed E-state index contributed by atoms with van der Waals surface area (Å²) < 4.78 is 29.0. The van der Waals surface area contributed by atoms with Gasteiger partial charge in [-0.25, -0.2) is 13.4 Å². The first-order valence-electron chi connectivity index (χ1n) is 10.6. The Hall–Kier alpha value is -2.62. The van der Waals surface area contributed by atoms with Crippen LogP contribution in [0.1, 0.15) is 24.8 Å². The molecule has 3 aromatic rings. The molecule has 1 aromatic heterocycles. The highest BCUT2D eigenvalue weighted by atomic mass is 32.2. The van der Waals surface area contributed by atoms with Crippen molar-refractivity contribution in [1.82, 2.24) is 13.9 Å². The van der Waals surface area contributed by atoms with E-state index in [1.165, 1.54) is 16.1 Å². The fourth-order valence-corrected chi connectivity index (χ4v) is 5.95. The average Bonchev–Trinajstić information content (AvgIpc) is 3.27. The summed E-state index contributed by atoms with van der Waals surface area (Å²) in [6.45, 7) is 3.16. The number of aromatic nitrogens is 2. The predicted octanol–water partition coefficient (Wildman–Crippen LogP) is 4.09. The van der Waals surface area contributed by atoms with E-state index in [-0.39, 0.29) is 16.6 Å². The van der Waals surface area contributed by atoms with E-state index in [0.717, 1.165) is 35.7 Å². The molecule has 2 aromatic carbocycles. The zero-order valence-corrected chi connectivity index (χ0v) is 19.5. The zero-order chi connectivity index (χ0) is 22.6. The van der Waals surface area contributed by atoms with Gasteiger partial charge in [0.05, 0.1) is 10.6 Å². The van der Waals surface area contributed by atoms with Gasteiger partial charge in [0.15, 0.2) is 5.16 Å². The van der Waals surface area contributed by atoms with E-state index in [9.17, 15) is 13.2 Å². The number of benzene rings is 2. The Balaban J connectivity index is 1.36. The first-order valence-corrected chi connectivity index (χ1v) is 13.0. The Kier molecular flexibility index (Phi) is 6.98. The van der Waals surface area contributed by atoms with Crippen molar-refractivity contribution >= 4 is 33.4 Å². The molecule has 32 heavy (non-hydrogen) atoms. The molecule has 1 N–H and O–H groups in total. The molecule has 1 amide bonds. The summed E-state index contributed by atoms with van der Waals surface area (Å²) in [6, 6.07) is 14.4. The Morgan fingerprint density at radius 3 is 2.56 bits per heavy atom. The molecule has 0 radical (unpaired) electrons. The number of amides is 1. The molecular formula is C23H26N4O3S2. The van der Waals surface area contributed by atoms with Crippen LogP contribution in [-0.4, -0.2) is 47.0 Å². The summed E-state index contributed by atoms with van der Waals surface area (Å²) in [5.41, 5.74) is 2.71. The molecule has 1 saturated heterocycles. The summed E-state index contributed by atoms with van der Waals surface area (Å²) in [5.74, 6) is 0.0110. The van der Waals surface area contributed by atoms with Crippen LogP contribution < -0.4 is 5.32 Å². The second kappa shape index (κ2) is 9.89. The van der Waals surface area contributed by atoms with Crippen LogP contribution in [-0.2, 0) is 14.8 Å². The molecule has 0 unspecified atom stereocenters. The van der Waals surface area contributed by atoms with E-state index in [2.05, 4.69) is 16.4 Å². The van der Waals surface area contributed by atoms with E-state index in [1.54, 1.807) is 30.5 Å². The zero-order valence-electron chi connectivity index (χ0n) is 17.9. The molecule has 7 nitrogen and oxygen atoms in total. The molecule has 0 spiro atoms. The van der Waals surface area contributed by atoms with Crippen LogP contribution in [0.5, 0.6) is 0 Å². The summed E-state index contributed by atoms with van der Waals surface area (Å²) in [4.78, 5) is 17.1. The van der Waals surface area contributed by atoms with Crippen LogP contribution in [0.15, 0.2) is 71.0 Å². The second-order valence-corrected chi connectivity index (χ2v) is 10.6. The van der Waals surface area contributed by atoms with Crippen molar-refractivity contribution in [2.45, 2.75) is 36.2 Å². The highest BCUT2D eigenvalue weighted by molar-refractivity contribution is 7.99. The van der Waals surface area contributed by atoms with Crippen molar-refractivity contribution in [3.8, 4) is 5.69 Å². The quantitative estimate of drug-likeness (QED) is 0.526. The van der Waals surface area contributed by atoms with Crippen molar-refractivity contribution < 1.29 is 13.2 Å². The second-order valence-electron chi connectivity index (χ2n) is 7.74. The molecule has 1 aliphatic heterocycles. The highest BCUT2D eigenvalue weighted by Crippen LogP contribution is 2.23. The van der Waals surface area contributed by atoms with Gasteiger partial charge in [0.2, 0.25) is 15.9 Å². The predicted molar refractivity (Wildman–Crippen MR) is 127 cm³/mol. The first kappa shape index (κ1) is 22.6. The van der Waals surface area contributed by atoms with E-state index in [4.69, 9.17) is 0 Å². The number of carbonyl (C=O) groups excluding carboxylic acids is 1. The fourth-order valence-electron chi connectivity index (χ4n) is 3.66. The molecule has 0 atom stereocenters. The van der Waals surface area contributed by atoms with Gasteiger partial charge in [-0.2, -0.15) is 4.31 Å². The molecule has 168 valence electrons. The normalized spacial score (nSPS) is 14.9. The summed E-state index contributed by atoms with van der Waals surface area (Å²) >= 11 is 1.35. The Labute approximate surface area is 192 Å². The topological polar surface area (TPSA) is 84.3 Å². The van der Waals surface area contributed by atoms with Crippen LogP contribution in [0.25, 0.3) is 5.69 Å². The molecule has 1 aliphatic rings. The van der Waals surface area contributed by atoms with E-state index in [0.29, 0.717) is 18.8 Å². The summed E-state index contributed by atoms with van der Waals surface area (Å²) in [5, 5.41) is 3.56. The third kappa shape index (κ3) is 5.23. The number of piperidine rings is 1. The van der Waals surface area contributed by atoms with Gasteiger partial charge in [-0.3, -0.25) is 9.36 Å². The average molecular weight is 471 g/mol. The van der Waals surface area contributed by atoms with Crippen LogP contribution in [0.4, 0.5) is 5.69 Å². The standard InChI is InChI=1S/C23H26N4O3S2/c1-18-6-5-7-20(16-18)27-15-12-24-23(27)31-17-22(28)25-19-8-10-21(11-9-19)32(29,30)26-13-3-2-4-14-26/h5-12,15-16H,2-4,13-14,17H2,1H3,(H,25,28). The van der Waals surface area contributed by atoms with Gasteiger partial charge in [0, 0.05) is 36.9 Å². The molecule has 0 aliphatic carbocycles. The monoisotopic (exact) mass is 470 g/mol.